The van der Waals surface area contributed by atoms with Crippen molar-refractivity contribution < 1.29 is 19.0 Å². The zero-order valence-electron chi connectivity index (χ0n) is 21.0. The summed E-state index contributed by atoms with van der Waals surface area (Å²) in [6, 6.07) is 8.44. The SMILES string of the molecule is COc1cc(C2C(C(=O)OC3CCCCC3)=C(C)Nc3ncnn32)cc(Br)c1OCc1c(Cl)cccc1Cl. The van der Waals surface area contributed by atoms with Crippen LogP contribution in [0.5, 0.6) is 11.5 Å². The Hall–Kier alpha value is -2.75. The van der Waals surface area contributed by atoms with Crippen LogP contribution in [0, 0.1) is 0 Å². The van der Waals surface area contributed by atoms with Gasteiger partial charge in [0, 0.05) is 21.3 Å². The first-order valence-corrected chi connectivity index (χ1v) is 13.9. The van der Waals surface area contributed by atoms with Crippen molar-refractivity contribution in [3.05, 3.63) is 73.6 Å². The molecule has 0 spiro atoms. The van der Waals surface area contributed by atoms with Gasteiger partial charge in [-0.25, -0.2) is 9.48 Å². The molecule has 2 heterocycles. The minimum Gasteiger partial charge on any atom is -0.493 e. The normalized spacial score (nSPS) is 17.6. The molecular formula is C27H27BrCl2N4O4. The highest BCUT2D eigenvalue weighted by Crippen LogP contribution is 2.43. The van der Waals surface area contributed by atoms with Gasteiger partial charge in [-0.15, -0.1) is 0 Å². The van der Waals surface area contributed by atoms with Gasteiger partial charge in [-0.05, 0) is 78.4 Å². The summed E-state index contributed by atoms with van der Waals surface area (Å²) in [5.74, 6) is 1.12. The van der Waals surface area contributed by atoms with Crippen LogP contribution in [0.2, 0.25) is 10.0 Å². The van der Waals surface area contributed by atoms with Crippen LogP contribution in [0.25, 0.3) is 0 Å². The van der Waals surface area contributed by atoms with Gasteiger partial charge >= 0.3 is 5.97 Å². The van der Waals surface area contributed by atoms with Crippen LogP contribution < -0.4 is 14.8 Å². The summed E-state index contributed by atoms with van der Waals surface area (Å²) in [6.45, 7) is 1.99. The van der Waals surface area contributed by atoms with E-state index in [-0.39, 0.29) is 18.7 Å². The number of fused-ring (bicyclic) bond motifs is 1. The van der Waals surface area contributed by atoms with E-state index in [1.165, 1.54) is 12.7 Å². The lowest BCUT2D eigenvalue weighted by atomic mass is 9.94. The summed E-state index contributed by atoms with van der Waals surface area (Å²) in [5.41, 5.74) is 2.56. The van der Waals surface area contributed by atoms with E-state index in [0.717, 1.165) is 31.2 Å². The Morgan fingerprint density at radius 2 is 1.92 bits per heavy atom. The molecule has 0 radical (unpaired) electrons. The summed E-state index contributed by atoms with van der Waals surface area (Å²) in [4.78, 5) is 17.9. The van der Waals surface area contributed by atoms with E-state index in [1.54, 1.807) is 30.0 Å². The van der Waals surface area contributed by atoms with Gasteiger partial charge in [-0.2, -0.15) is 10.1 Å². The number of nitrogens with one attached hydrogen (secondary N) is 1. The van der Waals surface area contributed by atoms with Crippen molar-refractivity contribution in [2.45, 2.75) is 57.8 Å². The Morgan fingerprint density at radius 1 is 1.18 bits per heavy atom. The first-order valence-electron chi connectivity index (χ1n) is 12.4. The number of hydrogen-bond donors (Lipinski definition) is 1. The number of aromatic nitrogens is 3. The predicted molar refractivity (Wildman–Crippen MR) is 149 cm³/mol. The van der Waals surface area contributed by atoms with Crippen LogP contribution in [0.4, 0.5) is 5.95 Å². The summed E-state index contributed by atoms with van der Waals surface area (Å²) >= 11 is 16.3. The highest BCUT2D eigenvalue weighted by atomic mass is 79.9. The van der Waals surface area contributed by atoms with Gasteiger partial charge in [0.1, 0.15) is 25.1 Å². The maximum absolute atomic E-state index is 13.5. The largest absolute Gasteiger partial charge is 0.493 e. The molecule has 1 aromatic heterocycles. The fourth-order valence-electron chi connectivity index (χ4n) is 4.91. The third kappa shape index (κ3) is 5.37. The van der Waals surface area contributed by atoms with E-state index in [0.29, 0.717) is 48.8 Å². The number of hydrogen-bond acceptors (Lipinski definition) is 7. The van der Waals surface area contributed by atoms with Crippen molar-refractivity contribution in [3.8, 4) is 11.5 Å². The monoisotopic (exact) mass is 620 g/mol. The number of nitrogens with zero attached hydrogens (tertiary/aromatic N) is 3. The molecule has 2 aromatic carbocycles. The molecule has 1 N–H and O–H groups in total. The van der Waals surface area contributed by atoms with E-state index in [1.807, 2.05) is 19.1 Å². The van der Waals surface area contributed by atoms with E-state index < -0.39 is 6.04 Å². The van der Waals surface area contributed by atoms with Gasteiger partial charge in [-0.1, -0.05) is 35.7 Å². The van der Waals surface area contributed by atoms with Crippen LogP contribution in [-0.2, 0) is 16.1 Å². The molecule has 1 aliphatic heterocycles. The molecule has 8 nitrogen and oxygen atoms in total. The fraction of sp³-hybridized carbons (Fsp3) is 0.370. The van der Waals surface area contributed by atoms with E-state index in [4.69, 9.17) is 37.4 Å². The number of anilines is 1. The smallest absolute Gasteiger partial charge is 0.338 e. The topological polar surface area (TPSA) is 87.5 Å². The van der Waals surface area contributed by atoms with Gasteiger partial charge in [-0.3, -0.25) is 0 Å². The minimum absolute atomic E-state index is 0.0805. The predicted octanol–water partition coefficient (Wildman–Crippen LogP) is 7.10. The van der Waals surface area contributed by atoms with Crippen LogP contribution in [0.1, 0.15) is 56.2 Å². The van der Waals surface area contributed by atoms with Gasteiger partial charge in [0.05, 0.1) is 17.2 Å². The van der Waals surface area contributed by atoms with E-state index >= 15 is 0 Å². The summed E-state index contributed by atoms with van der Waals surface area (Å²) < 4.78 is 20.1. The lowest BCUT2D eigenvalue weighted by Crippen LogP contribution is -2.32. The fourth-order valence-corrected chi connectivity index (χ4v) is 5.99. The molecule has 38 heavy (non-hydrogen) atoms. The van der Waals surface area contributed by atoms with Gasteiger partial charge < -0.3 is 19.5 Å². The second-order valence-electron chi connectivity index (χ2n) is 9.28. The molecule has 0 saturated heterocycles. The molecule has 2 aliphatic rings. The lowest BCUT2D eigenvalue weighted by Gasteiger charge is -2.30. The molecule has 1 atom stereocenters. The molecule has 1 fully saturated rings. The first kappa shape index (κ1) is 26.8. The standard InChI is InChI=1S/C27H27BrCl2N4O4/c1-15-23(26(35)38-17-7-4-3-5-8-17)24(34-27(33-15)31-14-32-34)16-11-19(28)25(22(12-16)36-2)37-13-18-20(29)9-6-10-21(18)30/h6,9-12,14,17,24H,3-5,7-8,13H2,1-2H3,(H,31,32,33). The molecular weight excluding hydrogens is 595 g/mol. The Bertz CT molecular complexity index is 1370. The first-order chi connectivity index (χ1) is 18.4. The molecule has 0 bridgehead atoms. The maximum atomic E-state index is 13.5. The average molecular weight is 622 g/mol. The molecule has 5 rings (SSSR count). The summed E-state index contributed by atoms with van der Waals surface area (Å²) in [5, 5.41) is 8.63. The highest BCUT2D eigenvalue weighted by Gasteiger charge is 2.36. The van der Waals surface area contributed by atoms with Crippen molar-refractivity contribution >= 4 is 51.0 Å². The van der Waals surface area contributed by atoms with Crippen LogP contribution in [0.3, 0.4) is 0 Å². The number of ether oxygens (including phenoxy) is 3. The molecule has 1 aliphatic carbocycles. The number of methoxy groups -OCH3 is 1. The molecule has 0 amide bonds. The van der Waals surface area contributed by atoms with Crippen molar-refractivity contribution in [1.29, 1.82) is 0 Å². The molecule has 1 unspecified atom stereocenters. The summed E-state index contributed by atoms with van der Waals surface area (Å²) in [7, 11) is 1.56. The number of halogens is 3. The number of benzene rings is 2. The maximum Gasteiger partial charge on any atom is 0.338 e. The van der Waals surface area contributed by atoms with E-state index in [2.05, 4.69) is 31.3 Å². The van der Waals surface area contributed by atoms with Crippen LogP contribution >= 0.6 is 39.1 Å². The van der Waals surface area contributed by atoms with Gasteiger partial charge in [0.2, 0.25) is 5.95 Å². The van der Waals surface area contributed by atoms with Crippen molar-refractivity contribution in [2.24, 2.45) is 0 Å². The number of carbonyl (C=O) groups is 1. The quantitative estimate of drug-likeness (QED) is 0.282. The number of allylic oxidation sites excluding steroid dienone is 1. The Morgan fingerprint density at radius 3 is 2.63 bits per heavy atom. The zero-order chi connectivity index (χ0) is 26.8. The van der Waals surface area contributed by atoms with Crippen molar-refractivity contribution in [1.82, 2.24) is 14.8 Å². The Labute approximate surface area is 239 Å². The number of carbonyl (C=O) groups excluding carboxylic acids is 1. The second-order valence-corrected chi connectivity index (χ2v) is 11.0. The van der Waals surface area contributed by atoms with Crippen molar-refractivity contribution in [3.63, 3.8) is 0 Å². The lowest BCUT2D eigenvalue weighted by molar-refractivity contribution is -0.146. The minimum atomic E-state index is -0.581. The Balaban J connectivity index is 1.49. The van der Waals surface area contributed by atoms with Crippen LogP contribution in [0.15, 0.2) is 52.4 Å². The molecule has 11 heteroatoms. The molecule has 3 aromatic rings. The van der Waals surface area contributed by atoms with E-state index in [9.17, 15) is 4.79 Å². The van der Waals surface area contributed by atoms with Gasteiger partial charge in [0.15, 0.2) is 11.5 Å². The third-order valence-corrected chi connectivity index (χ3v) is 8.13. The second kappa shape index (κ2) is 11.6. The van der Waals surface area contributed by atoms with Gasteiger partial charge in [0.25, 0.3) is 0 Å². The third-order valence-electron chi connectivity index (χ3n) is 6.83. The number of esters is 1. The summed E-state index contributed by atoms with van der Waals surface area (Å²) in [6.07, 6.45) is 6.44. The zero-order valence-corrected chi connectivity index (χ0v) is 24.1. The molecule has 1 saturated carbocycles. The van der Waals surface area contributed by atoms with Crippen LogP contribution in [-0.4, -0.2) is 33.9 Å². The average Bonchev–Trinajstić information content (AvgIpc) is 3.36. The number of rotatable bonds is 7. The Kier molecular flexibility index (Phi) is 8.16. The molecule has 200 valence electrons. The highest BCUT2D eigenvalue weighted by molar-refractivity contribution is 9.10. The van der Waals surface area contributed by atoms with Crippen molar-refractivity contribution in [2.75, 3.05) is 12.4 Å².